The molecule has 0 aliphatic heterocycles. The van der Waals surface area contributed by atoms with Crippen LogP contribution >= 0.6 is 0 Å². The molecule has 0 aliphatic rings. The molecule has 0 aromatic heterocycles. The zero-order valence-corrected chi connectivity index (χ0v) is 11.5. The number of hydrogen-bond acceptors (Lipinski definition) is 4. The minimum Gasteiger partial charge on any atom is -0.490 e. The summed E-state index contributed by atoms with van der Waals surface area (Å²) in [5, 5.41) is 0. The first-order chi connectivity index (χ1) is 9.08. The second-order valence-electron chi connectivity index (χ2n) is 4.18. The Morgan fingerprint density at radius 1 is 1.21 bits per heavy atom. The normalized spacial score (nSPS) is 11.9. The van der Waals surface area contributed by atoms with E-state index in [1.165, 1.54) is 0 Å². The number of carbonyl (C=O) groups excluding carboxylic acids is 1. The Bertz CT molecular complexity index is 421. The van der Waals surface area contributed by atoms with Crippen LogP contribution in [0.2, 0.25) is 0 Å². The number of primary amides is 1. The average molecular weight is 266 g/mol. The Morgan fingerprint density at radius 3 is 2.42 bits per heavy atom. The fraction of sp³-hybridized carbons (Fsp3) is 0.500. The summed E-state index contributed by atoms with van der Waals surface area (Å²) in [7, 11) is 0. The number of nitrogens with two attached hydrogens (primary N) is 2. The van der Waals surface area contributed by atoms with Crippen molar-refractivity contribution in [2.45, 2.75) is 32.7 Å². The molecule has 5 heteroatoms. The molecular weight excluding hydrogens is 244 g/mol. The number of benzene rings is 1. The number of ether oxygens (including phenoxy) is 2. The highest BCUT2D eigenvalue weighted by Gasteiger charge is 2.12. The second kappa shape index (κ2) is 7.63. The van der Waals surface area contributed by atoms with Gasteiger partial charge in [-0.05, 0) is 38.0 Å². The molecule has 1 atom stereocenters. The third-order valence-electron chi connectivity index (χ3n) is 2.70. The standard InChI is InChI=1S/C14H22N2O3/c1-3-18-12-7-5-10(9-13(12)19-4-2)11(15)6-8-14(16)17/h5,7,9,11H,3-4,6,8,15H2,1-2H3,(H2,16,17). The van der Waals surface area contributed by atoms with Crippen molar-refractivity contribution < 1.29 is 14.3 Å². The highest BCUT2D eigenvalue weighted by atomic mass is 16.5. The van der Waals surface area contributed by atoms with Crippen LogP contribution in [0, 0.1) is 0 Å². The van der Waals surface area contributed by atoms with Gasteiger partial charge >= 0.3 is 0 Å². The quantitative estimate of drug-likeness (QED) is 0.750. The molecule has 5 nitrogen and oxygen atoms in total. The minimum atomic E-state index is -0.341. The molecule has 0 saturated carbocycles. The van der Waals surface area contributed by atoms with Crippen LogP contribution in [0.4, 0.5) is 0 Å². The summed E-state index contributed by atoms with van der Waals surface area (Å²) in [6.07, 6.45) is 0.799. The Kier molecular flexibility index (Phi) is 6.15. The average Bonchev–Trinajstić information content (AvgIpc) is 2.38. The van der Waals surface area contributed by atoms with Crippen LogP contribution in [0.15, 0.2) is 18.2 Å². The highest BCUT2D eigenvalue weighted by Crippen LogP contribution is 2.31. The topological polar surface area (TPSA) is 87.6 Å². The highest BCUT2D eigenvalue weighted by molar-refractivity contribution is 5.73. The van der Waals surface area contributed by atoms with Crippen LogP contribution < -0.4 is 20.9 Å². The van der Waals surface area contributed by atoms with E-state index in [0.717, 1.165) is 5.56 Å². The Morgan fingerprint density at radius 2 is 1.84 bits per heavy atom. The van der Waals surface area contributed by atoms with Gasteiger partial charge in [-0.15, -0.1) is 0 Å². The fourth-order valence-corrected chi connectivity index (χ4v) is 1.76. The molecule has 0 bridgehead atoms. The van der Waals surface area contributed by atoms with Crippen molar-refractivity contribution in [1.82, 2.24) is 0 Å². The largest absolute Gasteiger partial charge is 0.490 e. The van der Waals surface area contributed by atoms with E-state index in [4.69, 9.17) is 20.9 Å². The first kappa shape index (κ1) is 15.3. The van der Waals surface area contributed by atoms with E-state index in [-0.39, 0.29) is 18.4 Å². The summed E-state index contributed by atoms with van der Waals surface area (Å²) in [6, 6.07) is 5.36. The van der Waals surface area contributed by atoms with Crippen molar-refractivity contribution in [3.63, 3.8) is 0 Å². The van der Waals surface area contributed by atoms with E-state index in [2.05, 4.69) is 0 Å². The van der Waals surface area contributed by atoms with E-state index in [0.29, 0.717) is 31.1 Å². The molecule has 4 N–H and O–H groups in total. The van der Waals surface area contributed by atoms with Crippen molar-refractivity contribution in [1.29, 1.82) is 0 Å². The van der Waals surface area contributed by atoms with Crippen molar-refractivity contribution in [3.05, 3.63) is 23.8 Å². The Labute approximate surface area is 113 Å². The number of hydrogen-bond donors (Lipinski definition) is 2. The molecule has 1 unspecified atom stereocenters. The SMILES string of the molecule is CCOc1ccc(C(N)CCC(N)=O)cc1OCC. The van der Waals surface area contributed by atoms with Gasteiger partial charge in [-0.1, -0.05) is 6.07 Å². The molecular formula is C14H22N2O3. The fourth-order valence-electron chi connectivity index (χ4n) is 1.76. The lowest BCUT2D eigenvalue weighted by atomic mass is 10.0. The van der Waals surface area contributed by atoms with Gasteiger partial charge in [-0.25, -0.2) is 0 Å². The van der Waals surface area contributed by atoms with Crippen molar-refractivity contribution in [3.8, 4) is 11.5 Å². The zero-order chi connectivity index (χ0) is 14.3. The first-order valence-corrected chi connectivity index (χ1v) is 6.51. The number of carbonyl (C=O) groups is 1. The number of rotatable bonds is 8. The van der Waals surface area contributed by atoms with Gasteiger partial charge in [0.1, 0.15) is 0 Å². The van der Waals surface area contributed by atoms with Gasteiger partial charge in [0.2, 0.25) is 5.91 Å². The predicted octanol–water partition coefficient (Wildman–Crippen LogP) is 1.75. The maximum atomic E-state index is 10.8. The summed E-state index contributed by atoms with van der Waals surface area (Å²) in [5.74, 6) is 1.04. The molecule has 106 valence electrons. The van der Waals surface area contributed by atoms with Crippen LogP contribution in [0.25, 0.3) is 0 Å². The summed E-state index contributed by atoms with van der Waals surface area (Å²) in [5.41, 5.74) is 12.1. The van der Waals surface area contributed by atoms with Gasteiger partial charge in [0.15, 0.2) is 11.5 Å². The van der Waals surface area contributed by atoms with E-state index in [1.807, 2.05) is 32.0 Å². The van der Waals surface area contributed by atoms with Crippen LogP contribution in [0.3, 0.4) is 0 Å². The lowest BCUT2D eigenvalue weighted by Gasteiger charge is -2.15. The molecule has 0 saturated heterocycles. The number of amides is 1. The molecule has 0 spiro atoms. The van der Waals surface area contributed by atoms with E-state index in [1.54, 1.807) is 0 Å². The van der Waals surface area contributed by atoms with Gasteiger partial charge in [0.05, 0.1) is 13.2 Å². The van der Waals surface area contributed by atoms with Crippen molar-refractivity contribution in [2.24, 2.45) is 11.5 Å². The minimum absolute atomic E-state index is 0.234. The molecule has 0 radical (unpaired) electrons. The summed E-state index contributed by atoms with van der Waals surface area (Å²) in [4.78, 5) is 10.8. The third-order valence-corrected chi connectivity index (χ3v) is 2.70. The maximum absolute atomic E-state index is 10.8. The van der Waals surface area contributed by atoms with Crippen molar-refractivity contribution in [2.75, 3.05) is 13.2 Å². The molecule has 1 amide bonds. The predicted molar refractivity (Wildman–Crippen MR) is 74.1 cm³/mol. The van der Waals surface area contributed by atoms with E-state index >= 15 is 0 Å². The van der Waals surface area contributed by atoms with E-state index in [9.17, 15) is 4.79 Å². The molecule has 0 heterocycles. The van der Waals surface area contributed by atoms with Gasteiger partial charge in [0, 0.05) is 12.5 Å². The molecule has 19 heavy (non-hydrogen) atoms. The summed E-state index contributed by atoms with van der Waals surface area (Å²) in [6.45, 7) is 4.96. The second-order valence-corrected chi connectivity index (χ2v) is 4.18. The Hall–Kier alpha value is -1.75. The summed E-state index contributed by atoms with van der Waals surface area (Å²) >= 11 is 0. The maximum Gasteiger partial charge on any atom is 0.217 e. The smallest absolute Gasteiger partial charge is 0.217 e. The van der Waals surface area contributed by atoms with E-state index < -0.39 is 0 Å². The van der Waals surface area contributed by atoms with Gasteiger partial charge in [-0.3, -0.25) is 4.79 Å². The lowest BCUT2D eigenvalue weighted by Crippen LogP contribution is -2.16. The molecule has 1 aromatic rings. The van der Waals surface area contributed by atoms with Gasteiger partial charge in [-0.2, -0.15) is 0 Å². The Balaban J connectivity index is 2.84. The lowest BCUT2D eigenvalue weighted by molar-refractivity contribution is -0.118. The molecule has 1 rings (SSSR count). The van der Waals surface area contributed by atoms with Crippen LogP contribution in [0.5, 0.6) is 11.5 Å². The first-order valence-electron chi connectivity index (χ1n) is 6.51. The third kappa shape index (κ3) is 4.79. The van der Waals surface area contributed by atoms with Crippen LogP contribution in [-0.4, -0.2) is 19.1 Å². The van der Waals surface area contributed by atoms with Crippen LogP contribution in [0.1, 0.15) is 38.3 Å². The van der Waals surface area contributed by atoms with Crippen LogP contribution in [-0.2, 0) is 4.79 Å². The molecule has 0 fully saturated rings. The molecule has 1 aromatic carbocycles. The zero-order valence-electron chi connectivity index (χ0n) is 11.5. The van der Waals surface area contributed by atoms with Gasteiger partial charge < -0.3 is 20.9 Å². The molecule has 0 aliphatic carbocycles. The summed E-state index contributed by atoms with van der Waals surface area (Å²) < 4.78 is 11.0. The van der Waals surface area contributed by atoms with Gasteiger partial charge in [0.25, 0.3) is 0 Å². The van der Waals surface area contributed by atoms with Crippen molar-refractivity contribution >= 4 is 5.91 Å². The monoisotopic (exact) mass is 266 g/mol.